The number of aryl methyl sites for hydroxylation is 1. The first-order chi connectivity index (χ1) is 8.27. The fourth-order valence-corrected chi connectivity index (χ4v) is 2.38. The van der Waals surface area contributed by atoms with Crippen molar-refractivity contribution in [3.8, 4) is 5.75 Å². The number of carbonyl (C=O) groups is 1. The molecule has 0 saturated carbocycles. The second-order valence-electron chi connectivity index (χ2n) is 4.75. The Balaban J connectivity index is 1.94. The highest BCUT2D eigenvalue weighted by molar-refractivity contribution is 5.75. The van der Waals surface area contributed by atoms with Gasteiger partial charge < -0.3 is 9.53 Å². The smallest absolute Gasteiger partial charge is 0.129 e. The quantitative estimate of drug-likeness (QED) is 0.728. The monoisotopic (exact) mass is 232 g/mol. The first kappa shape index (κ1) is 12.2. The lowest BCUT2D eigenvalue weighted by molar-refractivity contribution is -0.117. The molecule has 0 amide bonds. The summed E-state index contributed by atoms with van der Waals surface area (Å²) in [4.78, 5) is 10.8. The second kappa shape index (κ2) is 5.85. The molecule has 1 aromatic carbocycles. The minimum Gasteiger partial charge on any atom is -0.493 e. The average Bonchev–Trinajstić information content (AvgIpc) is 2.34. The third-order valence-corrected chi connectivity index (χ3v) is 3.28. The van der Waals surface area contributed by atoms with Crippen molar-refractivity contribution in [1.29, 1.82) is 0 Å². The molecule has 0 heterocycles. The van der Waals surface area contributed by atoms with Crippen LogP contribution in [0.15, 0.2) is 18.2 Å². The van der Waals surface area contributed by atoms with Gasteiger partial charge in [-0.25, -0.2) is 0 Å². The number of Topliss-reactive ketones (excluding diaryl/α,β-unsaturated/α-hetero) is 1. The minimum absolute atomic E-state index is 0.240. The van der Waals surface area contributed by atoms with E-state index in [-0.39, 0.29) is 5.78 Å². The van der Waals surface area contributed by atoms with E-state index in [0.29, 0.717) is 13.0 Å². The molecule has 1 aliphatic carbocycles. The van der Waals surface area contributed by atoms with Crippen LogP contribution >= 0.6 is 0 Å². The van der Waals surface area contributed by atoms with Crippen LogP contribution in [0.5, 0.6) is 5.75 Å². The van der Waals surface area contributed by atoms with Gasteiger partial charge in [-0.05, 0) is 56.2 Å². The Bertz CT molecular complexity index is 396. The van der Waals surface area contributed by atoms with Crippen LogP contribution in [0.4, 0.5) is 0 Å². The molecule has 92 valence electrons. The Morgan fingerprint density at radius 1 is 1.29 bits per heavy atom. The van der Waals surface area contributed by atoms with Crippen molar-refractivity contribution in [2.24, 2.45) is 0 Å². The largest absolute Gasteiger partial charge is 0.493 e. The molecule has 2 nitrogen and oxygen atoms in total. The van der Waals surface area contributed by atoms with Crippen LogP contribution in [0, 0.1) is 0 Å². The van der Waals surface area contributed by atoms with Crippen LogP contribution < -0.4 is 4.74 Å². The highest BCUT2D eigenvalue weighted by Crippen LogP contribution is 2.29. The van der Waals surface area contributed by atoms with Crippen molar-refractivity contribution in [2.45, 2.75) is 45.4 Å². The fourth-order valence-electron chi connectivity index (χ4n) is 2.38. The zero-order valence-electron chi connectivity index (χ0n) is 10.5. The van der Waals surface area contributed by atoms with Crippen LogP contribution in [0.1, 0.15) is 43.7 Å². The molecule has 0 bridgehead atoms. The number of benzene rings is 1. The third-order valence-electron chi connectivity index (χ3n) is 3.28. The number of ketones is 1. The molecule has 2 heteroatoms. The van der Waals surface area contributed by atoms with E-state index >= 15 is 0 Å². The van der Waals surface area contributed by atoms with Crippen molar-refractivity contribution >= 4 is 5.78 Å². The molecule has 2 rings (SSSR count). The summed E-state index contributed by atoms with van der Waals surface area (Å²) in [5, 5.41) is 0. The van der Waals surface area contributed by atoms with Gasteiger partial charge in [-0.3, -0.25) is 0 Å². The number of fused-ring (bicyclic) bond motifs is 1. The van der Waals surface area contributed by atoms with Crippen molar-refractivity contribution in [3.05, 3.63) is 29.3 Å². The van der Waals surface area contributed by atoms with Crippen LogP contribution in [-0.4, -0.2) is 12.4 Å². The summed E-state index contributed by atoms with van der Waals surface area (Å²) in [7, 11) is 0. The number of rotatable bonds is 5. The molecule has 0 radical (unpaired) electrons. The van der Waals surface area contributed by atoms with Crippen LogP contribution in [0.2, 0.25) is 0 Å². The first-order valence-corrected chi connectivity index (χ1v) is 6.50. The molecular formula is C15H20O2. The number of carbonyl (C=O) groups excluding carboxylic acids is 1. The van der Waals surface area contributed by atoms with Crippen molar-refractivity contribution in [3.63, 3.8) is 0 Å². The Hall–Kier alpha value is -1.31. The van der Waals surface area contributed by atoms with Gasteiger partial charge in [-0.1, -0.05) is 12.1 Å². The summed E-state index contributed by atoms with van der Waals surface area (Å²) in [6.07, 6.45) is 6.31. The summed E-state index contributed by atoms with van der Waals surface area (Å²) < 4.78 is 5.80. The normalized spacial score (nSPS) is 14.2. The van der Waals surface area contributed by atoms with Gasteiger partial charge in [0.2, 0.25) is 0 Å². The van der Waals surface area contributed by atoms with Crippen LogP contribution in [0.25, 0.3) is 0 Å². The van der Waals surface area contributed by atoms with Gasteiger partial charge in [0.15, 0.2) is 0 Å². The van der Waals surface area contributed by atoms with E-state index in [1.807, 2.05) is 0 Å². The predicted octanol–water partition coefficient (Wildman–Crippen LogP) is 3.31. The molecule has 0 atom stereocenters. The van der Waals surface area contributed by atoms with E-state index in [2.05, 4.69) is 18.2 Å². The highest BCUT2D eigenvalue weighted by atomic mass is 16.5. The summed E-state index contributed by atoms with van der Waals surface area (Å²) in [5.74, 6) is 1.27. The maximum atomic E-state index is 10.8. The van der Waals surface area contributed by atoms with Crippen LogP contribution in [0.3, 0.4) is 0 Å². The third kappa shape index (κ3) is 3.32. The van der Waals surface area contributed by atoms with E-state index in [0.717, 1.165) is 18.6 Å². The van der Waals surface area contributed by atoms with E-state index < -0.39 is 0 Å². The summed E-state index contributed by atoms with van der Waals surface area (Å²) >= 11 is 0. The summed E-state index contributed by atoms with van der Waals surface area (Å²) in [6, 6.07) is 6.33. The zero-order valence-corrected chi connectivity index (χ0v) is 10.5. The van der Waals surface area contributed by atoms with Crippen LogP contribution in [-0.2, 0) is 17.6 Å². The van der Waals surface area contributed by atoms with Crippen molar-refractivity contribution in [1.82, 2.24) is 0 Å². The standard InChI is InChI=1S/C15H20O2/c1-12(16)6-5-11-17-15-10-4-8-13-7-2-3-9-14(13)15/h4,8,10H,2-3,5-7,9,11H2,1H3. The van der Waals surface area contributed by atoms with E-state index in [9.17, 15) is 4.79 Å². The Morgan fingerprint density at radius 2 is 2.12 bits per heavy atom. The zero-order chi connectivity index (χ0) is 12.1. The van der Waals surface area contributed by atoms with Gasteiger partial charge in [0.05, 0.1) is 6.61 Å². The minimum atomic E-state index is 0.240. The number of hydrogen-bond acceptors (Lipinski definition) is 2. The lowest BCUT2D eigenvalue weighted by atomic mass is 9.91. The Morgan fingerprint density at radius 3 is 2.94 bits per heavy atom. The lowest BCUT2D eigenvalue weighted by Crippen LogP contribution is -2.07. The Labute approximate surface area is 103 Å². The maximum absolute atomic E-state index is 10.8. The highest BCUT2D eigenvalue weighted by Gasteiger charge is 2.13. The van der Waals surface area contributed by atoms with Gasteiger partial charge in [-0.15, -0.1) is 0 Å². The van der Waals surface area contributed by atoms with Gasteiger partial charge >= 0.3 is 0 Å². The van der Waals surface area contributed by atoms with E-state index in [1.54, 1.807) is 6.92 Å². The Kier molecular flexibility index (Phi) is 4.18. The first-order valence-electron chi connectivity index (χ1n) is 6.50. The second-order valence-corrected chi connectivity index (χ2v) is 4.75. The fraction of sp³-hybridized carbons (Fsp3) is 0.533. The molecular weight excluding hydrogens is 212 g/mol. The SMILES string of the molecule is CC(=O)CCCOc1cccc2c1CCCC2. The molecule has 0 aromatic heterocycles. The number of hydrogen-bond donors (Lipinski definition) is 0. The number of ether oxygens (including phenoxy) is 1. The molecule has 0 aliphatic heterocycles. The van der Waals surface area contributed by atoms with Gasteiger partial charge in [-0.2, -0.15) is 0 Å². The maximum Gasteiger partial charge on any atom is 0.129 e. The molecule has 0 fully saturated rings. The van der Waals surface area contributed by atoms with Gasteiger partial charge in [0.1, 0.15) is 11.5 Å². The molecule has 1 aliphatic rings. The van der Waals surface area contributed by atoms with Gasteiger partial charge in [0, 0.05) is 6.42 Å². The molecule has 0 spiro atoms. The molecule has 0 unspecified atom stereocenters. The molecule has 0 saturated heterocycles. The predicted molar refractivity (Wildman–Crippen MR) is 68.5 cm³/mol. The van der Waals surface area contributed by atoms with Gasteiger partial charge in [0.25, 0.3) is 0 Å². The molecule has 1 aromatic rings. The van der Waals surface area contributed by atoms with E-state index in [4.69, 9.17) is 4.74 Å². The van der Waals surface area contributed by atoms with Crippen molar-refractivity contribution in [2.75, 3.05) is 6.61 Å². The molecule has 0 N–H and O–H groups in total. The summed E-state index contributed by atoms with van der Waals surface area (Å²) in [6.45, 7) is 2.28. The molecule has 17 heavy (non-hydrogen) atoms. The van der Waals surface area contributed by atoms with Crippen molar-refractivity contribution < 1.29 is 9.53 Å². The summed E-state index contributed by atoms with van der Waals surface area (Å²) in [5.41, 5.74) is 2.84. The van der Waals surface area contributed by atoms with E-state index in [1.165, 1.54) is 30.4 Å². The topological polar surface area (TPSA) is 26.3 Å². The lowest BCUT2D eigenvalue weighted by Gasteiger charge is -2.19. The average molecular weight is 232 g/mol.